The van der Waals surface area contributed by atoms with Crippen molar-refractivity contribution in [3.8, 4) is 0 Å². The Morgan fingerprint density at radius 2 is 2.19 bits per heavy atom. The highest BCUT2D eigenvalue weighted by molar-refractivity contribution is 9.10. The SMILES string of the molecule is CN(CC(C)(C)CN)c1ncc(Br)cc1F. The monoisotopic (exact) mass is 289 g/mol. The molecule has 0 aliphatic carbocycles. The van der Waals surface area contributed by atoms with E-state index in [2.05, 4.69) is 20.9 Å². The summed E-state index contributed by atoms with van der Waals surface area (Å²) >= 11 is 3.18. The number of anilines is 1. The second-order valence-electron chi connectivity index (χ2n) is 4.68. The van der Waals surface area contributed by atoms with E-state index < -0.39 is 0 Å². The molecule has 0 spiro atoms. The number of halogens is 2. The molecule has 0 aliphatic rings. The van der Waals surface area contributed by atoms with Gasteiger partial charge in [-0.1, -0.05) is 13.8 Å². The Balaban J connectivity index is 2.84. The van der Waals surface area contributed by atoms with Gasteiger partial charge in [-0.3, -0.25) is 0 Å². The van der Waals surface area contributed by atoms with Gasteiger partial charge in [0.15, 0.2) is 11.6 Å². The Morgan fingerprint density at radius 1 is 1.56 bits per heavy atom. The Labute approximate surface area is 104 Å². The van der Waals surface area contributed by atoms with Crippen molar-refractivity contribution in [3.63, 3.8) is 0 Å². The maximum Gasteiger partial charge on any atom is 0.166 e. The molecule has 1 rings (SSSR count). The average molecular weight is 290 g/mol. The lowest BCUT2D eigenvalue weighted by Crippen LogP contribution is -2.37. The van der Waals surface area contributed by atoms with Crippen molar-refractivity contribution in [1.29, 1.82) is 0 Å². The number of hydrogen-bond acceptors (Lipinski definition) is 3. The normalized spacial score (nSPS) is 11.6. The molecule has 0 saturated carbocycles. The van der Waals surface area contributed by atoms with E-state index in [1.807, 2.05) is 20.9 Å². The van der Waals surface area contributed by atoms with Crippen LogP contribution in [0.25, 0.3) is 0 Å². The van der Waals surface area contributed by atoms with Gasteiger partial charge in [0, 0.05) is 24.3 Å². The number of rotatable bonds is 4. The molecule has 90 valence electrons. The lowest BCUT2D eigenvalue weighted by atomic mass is 9.93. The highest BCUT2D eigenvalue weighted by Crippen LogP contribution is 2.22. The van der Waals surface area contributed by atoms with Gasteiger partial charge in [0.25, 0.3) is 0 Å². The van der Waals surface area contributed by atoms with E-state index in [4.69, 9.17) is 5.73 Å². The second kappa shape index (κ2) is 5.10. The molecule has 0 bridgehead atoms. The number of pyridine rings is 1. The molecule has 0 saturated heterocycles. The van der Waals surface area contributed by atoms with Crippen molar-refractivity contribution < 1.29 is 4.39 Å². The predicted molar refractivity (Wildman–Crippen MR) is 68.0 cm³/mol. The summed E-state index contributed by atoms with van der Waals surface area (Å²) in [5.74, 6) is 0.0226. The van der Waals surface area contributed by atoms with Crippen molar-refractivity contribution >= 4 is 21.7 Å². The van der Waals surface area contributed by atoms with Crippen LogP contribution >= 0.6 is 15.9 Å². The molecule has 3 nitrogen and oxygen atoms in total. The molecule has 0 atom stereocenters. The number of hydrogen-bond donors (Lipinski definition) is 1. The molecule has 1 aromatic heterocycles. The third-order valence-corrected chi connectivity index (χ3v) is 2.80. The topological polar surface area (TPSA) is 42.1 Å². The molecule has 0 amide bonds. The van der Waals surface area contributed by atoms with E-state index in [0.717, 1.165) is 0 Å². The quantitative estimate of drug-likeness (QED) is 0.926. The fourth-order valence-corrected chi connectivity index (χ4v) is 1.77. The van der Waals surface area contributed by atoms with Gasteiger partial charge < -0.3 is 10.6 Å². The molecule has 2 N–H and O–H groups in total. The van der Waals surface area contributed by atoms with Gasteiger partial charge in [0.1, 0.15) is 0 Å². The maximum absolute atomic E-state index is 13.6. The van der Waals surface area contributed by atoms with Gasteiger partial charge in [-0.25, -0.2) is 9.37 Å². The first-order valence-corrected chi connectivity index (χ1v) is 5.87. The molecule has 1 aromatic rings. The molecule has 0 radical (unpaired) electrons. The lowest BCUT2D eigenvalue weighted by Gasteiger charge is -2.29. The van der Waals surface area contributed by atoms with Gasteiger partial charge in [-0.05, 0) is 34.0 Å². The highest BCUT2D eigenvalue weighted by atomic mass is 79.9. The summed E-state index contributed by atoms with van der Waals surface area (Å²) < 4.78 is 14.3. The summed E-state index contributed by atoms with van der Waals surface area (Å²) in [5, 5.41) is 0. The molecule has 0 aliphatic heterocycles. The van der Waals surface area contributed by atoms with Crippen molar-refractivity contribution in [2.24, 2.45) is 11.1 Å². The Bertz CT molecular complexity index is 368. The largest absolute Gasteiger partial charge is 0.357 e. The molecular formula is C11H17BrFN3. The van der Waals surface area contributed by atoms with E-state index in [0.29, 0.717) is 23.4 Å². The van der Waals surface area contributed by atoms with Gasteiger partial charge in [0.2, 0.25) is 0 Å². The highest BCUT2D eigenvalue weighted by Gasteiger charge is 2.20. The lowest BCUT2D eigenvalue weighted by molar-refractivity contribution is 0.382. The fourth-order valence-electron chi connectivity index (χ4n) is 1.47. The predicted octanol–water partition coefficient (Wildman–Crippen LogP) is 2.40. The minimum absolute atomic E-state index is 0.0596. The summed E-state index contributed by atoms with van der Waals surface area (Å²) in [6.07, 6.45) is 1.59. The zero-order chi connectivity index (χ0) is 12.3. The molecular weight excluding hydrogens is 273 g/mol. The number of nitrogens with zero attached hydrogens (tertiary/aromatic N) is 2. The summed E-state index contributed by atoms with van der Waals surface area (Å²) in [6.45, 7) is 5.30. The zero-order valence-corrected chi connectivity index (χ0v) is 11.4. The zero-order valence-electron chi connectivity index (χ0n) is 9.80. The van der Waals surface area contributed by atoms with Gasteiger partial charge >= 0.3 is 0 Å². The maximum atomic E-state index is 13.6. The van der Waals surface area contributed by atoms with Gasteiger partial charge in [0.05, 0.1) is 0 Å². The van der Waals surface area contributed by atoms with Crippen LogP contribution in [0.2, 0.25) is 0 Å². The fraction of sp³-hybridized carbons (Fsp3) is 0.545. The van der Waals surface area contributed by atoms with Crippen LogP contribution in [0.5, 0.6) is 0 Å². The smallest absolute Gasteiger partial charge is 0.166 e. The Hall–Kier alpha value is -0.680. The van der Waals surface area contributed by atoms with E-state index >= 15 is 0 Å². The van der Waals surface area contributed by atoms with Crippen LogP contribution in [0.3, 0.4) is 0 Å². The van der Waals surface area contributed by atoms with Crippen molar-refractivity contribution in [1.82, 2.24) is 4.98 Å². The third kappa shape index (κ3) is 3.42. The minimum atomic E-state index is -0.329. The molecule has 5 heteroatoms. The van der Waals surface area contributed by atoms with Crippen molar-refractivity contribution in [2.75, 3.05) is 25.0 Å². The van der Waals surface area contributed by atoms with Crippen LogP contribution in [0.15, 0.2) is 16.7 Å². The number of nitrogens with two attached hydrogens (primary N) is 1. The average Bonchev–Trinajstić information content (AvgIpc) is 2.16. The standard InChI is InChI=1S/C11H17BrFN3/c1-11(2,6-14)7-16(3)10-9(13)4-8(12)5-15-10/h4-5H,6-7,14H2,1-3H3. The Morgan fingerprint density at radius 3 is 2.69 bits per heavy atom. The van der Waals surface area contributed by atoms with E-state index in [1.165, 1.54) is 6.07 Å². The van der Waals surface area contributed by atoms with E-state index in [-0.39, 0.29) is 11.2 Å². The van der Waals surface area contributed by atoms with Crippen LogP contribution in [-0.4, -0.2) is 25.1 Å². The van der Waals surface area contributed by atoms with Crippen LogP contribution in [0.4, 0.5) is 10.2 Å². The van der Waals surface area contributed by atoms with Crippen LogP contribution in [0.1, 0.15) is 13.8 Å². The van der Waals surface area contributed by atoms with Crippen LogP contribution in [-0.2, 0) is 0 Å². The first-order valence-electron chi connectivity index (χ1n) is 5.08. The first kappa shape index (κ1) is 13.4. The summed E-state index contributed by atoms with van der Waals surface area (Å²) in [6, 6.07) is 1.41. The van der Waals surface area contributed by atoms with Crippen LogP contribution in [0, 0.1) is 11.2 Å². The summed E-state index contributed by atoms with van der Waals surface area (Å²) in [7, 11) is 1.82. The van der Waals surface area contributed by atoms with Crippen molar-refractivity contribution in [2.45, 2.75) is 13.8 Å². The molecule has 16 heavy (non-hydrogen) atoms. The second-order valence-corrected chi connectivity index (χ2v) is 5.60. The third-order valence-electron chi connectivity index (χ3n) is 2.37. The van der Waals surface area contributed by atoms with Crippen molar-refractivity contribution in [3.05, 3.63) is 22.6 Å². The first-order chi connectivity index (χ1) is 7.35. The van der Waals surface area contributed by atoms with E-state index in [9.17, 15) is 4.39 Å². The molecule has 0 aromatic carbocycles. The molecule has 0 unspecified atom stereocenters. The summed E-state index contributed by atoms with van der Waals surface area (Å²) in [4.78, 5) is 5.85. The van der Waals surface area contributed by atoms with Gasteiger partial charge in [-0.15, -0.1) is 0 Å². The molecule has 0 fully saturated rings. The van der Waals surface area contributed by atoms with Crippen LogP contribution < -0.4 is 10.6 Å². The molecule has 1 heterocycles. The minimum Gasteiger partial charge on any atom is -0.357 e. The number of aromatic nitrogens is 1. The summed E-state index contributed by atoms with van der Waals surface area (Å²) in [5.41, 5.74) is 5.59. The Kier molecular flexibility index (Phi) is 4.27. The van der Waals surface area contributed by atoms with Gasteiger partial charge in [-0.2, -0.15) is 0 Å². The van der Waals surface area contributed by atoms with E-state index in [1.54, 1.807) is 11.1 Å².